The van der Waals surface area contributed by atoms with Crippen molar-refractivity contribution in [3.63, 3.8) is 0 Å². The van der Waals surface area contributed by atoms with Crippen LogP contribution in [0.3, 0.4) is 0 Å². The average molecular weight is 225 g/mol. The molecule has 0 saturated carbocycles. The number of hydrogen-bond donors (Lipinski definition) is 0. The number of methoxy groups -OCH3 is 2. The normalized spacial score (nSPS) is 11.9. The lowest BCUT2D eigenvalue weighted by Gasteiger charge is -2.12. The third-order valence-corrected chi connectivity index (χ3v) is 1.88. The number of ether oxygens (including phenoxy) is 3. The molecule has 5 nitrogen and oxygen atoms in total. The summed E-state index contributed by atoms with van der Waals surface area (Å²) in [6.45, 7) is 2.32. The lowest BCUT2D eigenvalue weighted by Crippen LogP contribution is -2.18. The molecule has 0 amide bonds. The summed E-state index contributed by atoms with van der Waals surface area (Å²) < 4.78 is 15.0. The van der Waals surface area contributed by atoms with Crippen molar-refractivity contribution in [1.82, 2.24) is 4.98 Å². The highest BCUT2D eigenvalue weighted by atomic mass is 16.5. The largest absolute Gasteiger partial charge is 0.472 e. The van der Waals surface area contributed by atoms with Gasteiger partial charge in [0, 0.05) is 19.4 Å². The fourth-order valence-corrected chi connectivity index (χ4v) is 1.19. The maximum Gasteiger partial charge on any atom is 0.338 e. The molecule has 0 aromatic carbocycles. The number of aromatic nitrogens is 1. The van der Waals surface area contributed by atoms with Crippen LogP contribution in [-0.4, -0.2) is 37.9 Å². The van der Waals surface area contributed by atoms with Crippen LogP contribution in [0.25, 0.3) is 0 Å². The van der Waals surface area contributed by atoms with Gasteiger partial charge < -0.3 is 14.2 Å². The lowest BCUT2D eigenvalue weighted by molar-refractivity contribution is 0.0598. The molecule has 0 radical (unpaired) electrons. The van der Waals surface area contributed by atoms with Gasteiger partial charge in [-0.3, -0.25) is 0 Å². The Morgan fingerprint density at radius 3 is 2.88 bits per heavy atom. The van der Waals surface area contributed by atoms with Crippen LogP contribution in [0.5, 0.6) is 5.88 Å². The van der Waals surface area contributed by atoms with E-state index in [1.54, 1.807) is 13.2 Å². The summed E-state index contributed by atoms with van der Waals surface area (Å²) in [5.41, 5.74) is 0.414. The number of esters is 1. The van der Waals surface area contributed by atoms with Crippen LogP contribution >= 0.6 is 0 Å². The van der Waals surface area contributed by atoms with E-state index in [-0.39, 0.29) is 6.10 Å². The average Bonchev–Trinajstić information content (AvgIpc) is 2.28. The fourth-order valence-electron chi connectivity index (χ4n) is 1.19. The van der Waals surface area contributed by atoms with Crippen LogP contribution in [0.15, 0.2) is 18.3 Å². The van der Waals surface area contributed by atoms with Crippen molar-refractivity contribution in [2.24, 2.45) is 0 Å². The molecule has 1 rings (SSSR count). The van der Waals surface area contributed by atoms with Gasteiger partial charge in [0.15, 0.2) is 0 Å². The second-order valence-corrected chi connectivity index (χ2v) is 3.26. The maximum atomic E-state index is 11.2. The van der Waals surface area contributed by atoms with E-state index in [1.807, 2.05) is 6.92 Å². The van der Waals surface area contributed by atoms with E-state index in [4.69, 9.17) is 9.47 Å². The first-order valence-corrected chi connectivity index (χ1v) is 4.87. The Hall–Kier alpha value is -1.62. The predicted molar refractivity (Wildman–Crippen MR) is 57.5 cm³/mol. The summed E-state index contributed by atoms with van der Waals surface area (Å²) in [4.78, 5) is 15.2. The summed E-state index contributed by atoms with van der Waals surface area (Å²) in [6.07, 6.45) is 1.38. The lowest BCUT2D eigenvalue weighted by atomic mass is 10.3. The van der Waals surface area contributed by atoms with Crippen LogP contribution in [0.4, 0.5) is 0 Å². The standard InChI is InChI=1S/C11H15NO4/c1-8(7-14-2)16-10-6-9(4-5-12-10)11(13)15-3/h4-6,8H,7H2,1-3H3. The molecule has 0 aliphatic rings. The van der Waals surface area contributed by atoms with Gasteiger partial charge in [-0.1, -0.05) is 0 Å². The Labute approximate surface area is 94.3 Å². The van der Waals surface area contributed by atoms with Crippen molar-refractivity contribution in [1.29, 1.82) is 0 Å². The van der Waals surface area contributed by atoms with Gasteiger partial charge in [0.2, 0.25) is 5.88 Å². The maximum absolute atomic E-state index is 11.2. The van der Waals surface area contributed by atoms with Crippen molar-refractivity contribution < 1.29 is 19.0 Å². The van der Waals surface area contributed by atoms with Crippen molar-refractivity contribution in [2.75, 3.05) is 20.8 Å². The number of hydrogen-bond acceptors (Lipinski definition) is 5. The molecule has 0 aliphatic carbocycles. The summed E-state index contributed by atoms with van der Waals surface area (Å²) in [7, 11) is 2.93. The number of carbonyl (C=O) groups is 1. The molecule has 16 heavy (non-hydrogen) atoms. The van der Waals surface area contributed by atoms with Crippen LogP contribution in [-0.2, 0) is 9.47 Å². The minimum absolute atomic E-state index is 0.120. The van der Waals surface area contributed by atoms with Crippen molar-refractivity contribution in [2.45, 2.75) is 13.0 Å². The van der Waals surface area contributed by atoms with E-state index in [2.05, 4.69) is 9.72 Å². The molecule has 0 fully saturated rings. The highest BCUT2D eigenvalue weighted by Crippen LogP contribution is 2.12. The number of pyridine rings is 1. The number of rotatable bonds is 5. The molecule has 1 heterocycles. The zero-order valence-corrected chi connectivity index (χ0v) is 9.60. The van der Waals surface area contributed by atoms with E-state index in [9.17, 15) is 4.79 Å². The molecule has 0 bridgehead atoms. The van der Waals surface area contributed by atoms with E-state index in [0.717, 1.165) is 0 Å². The summed E-state index contributed by atoms with van der Waals surface area (Å²) in [5, 5.41) is 0. The second-order valence-electron chi connectivity index (χ2n) is 3.26. The van der Waals surface area contributed by atoms with Gasteiger partial charge >= 0.3 is 5.97 Å². The highest BCUT2D eigenvalue weighted by Gasteiger charge is 2.09. The molecule has 1 aromatic heterocycles. The third kappa shape index (κ3) is 3.51. The topological polar surface area (TPSA) is 57.7 Å². The quantitative estimate of drug-likeness (QED) is 0.706. The van der Waals surface area contributed by atoms with Gasteiger partial charge in [-0.05, 0) is 13.0 Å². The van der Waals surface area contributed by atoms with E-state index in [1.165, 1.54) is 19.4 Å². The van der Waals surface area contributed by atoms with Crippen LogP contribution in [0.2, 0.25) is 0 Å². The Balaban J connectivity index is 2.70. The van der Waals surface area contributed by atoms with Crippen LogP contribution in [0.1, 0.15) is 17.3 Å². The number of carbonyl (C=O) groups excluding carboxylic acids is 1. The van der Waals surface area contributed by atoms with Crippen molar-refractivity contribution in [3.05, 3.63) is 23.9 Å². The predicted octanol–water partition coefficient (Wildman–Crippen LogP) is 1.28. The van der Waals surface area contributed by atoms with Crippen LogP contribution in [0, 0.1) is 0 Å². The first kappa shape index (κ1) is 12.4. The fraction of sp³-hybridized carbons (Fsp3) is 0.455. The van der Waals surface area contributed by atoms with Gasteiger partial charge in [0.1, 0.15) is 6.10 Å². The summed E-state index contributed by atoms with van der Waals surface area (Å²) in [5.74, 6) is -0.0286. The molecule has 1 atom stereocenters. The molecule has 5 heteroatoms. The molecule has 0 spiro atoms. The van der Waals surface area contributed by atoms with E-state index in [0.29, 0.717) is 18.1 Å². The Morgan fingerprint density at radius 2 is 2.25 bits per heavy atom. The molecular weight excluding hydrogens is 210 g/mol. The SMILES string of the molecule is COCC(C)Oc1cc(C(=O)OC)ccn1. The zero-order valence-electron chi connectivity index (χ0n) is 9.60. The molecule has 1 unspecified atom stereocenters. The summed E-state index contributed by atoms with van der Waals surface area (Å²) in [6, 6.07) is 3.11. The minimum Gasteiger partial charge on any atom is -0.472 e. The van der Waals surface area contributed by atoms with Gasteiger partial charge in [0.05, 0.1) is 19.3 Å². The van der Waals surface area contributed by atoms with E-state index < -0.39 is 5.97 Å². The van der Waals surface area contributed by atoms with Gasteiger partial charge in [0.25, 0.3) is 0 Å². The molecule has 0 aliphatic heterocycles. The molecule has 0 saturated heterocycles. The first-order valence-electron chi connectivity index (χ1n) is 4.87. The Kier molecular flexibility index (Phi) is 4.72. The Bertz CT molecular complexity index is 354. The first-order chi connectivity index (χ1) is 7.67. The van der Waals surface area contributed by atoms with Crippen LogP contribution < -0.4 is 4.74 Å². The third-order valence-electron chi connectivity index (χ3n) is 1.88. The molecular formula is C11H15NO4. The van der Waals surface area contributed by atoms with Gasteiger partial charge in [-0.2, -0.15) is 0 Å². The van der Waals surface area contributed by atoms with E-state index >= 15 is 0 Å². The smallest absolute Gasteiger partial charge is 0.338 e. The van der Waals surface area contributed by atoms with Crippen molar-refractivity contribution >= 4 is 5.97 Å². The molecule has 88 valence electrons. The van der Waals surface area contributed by atoms with Gasteiger partial charge in [-0.15, -0.1) is 0 Å². The van der Waals surface area contributed by atoms with Gasteiger partial charge in [-0.25, -0.2) is 9.78 Å². The monoisotopic (exact) mass is 225 g/mol. The van der Waals surface area contributed by atoms with Crippen molar-refractivity contribution in [3.8, 4) is 5.88 Å². The highest BCUT2D eigenvalue weighted by molar-refractivity contribution is 5.89. The second kappa shape index (κ2) is 6.07. The zero-order chi connectivity index (χ0) is 12.0. The number of nitrogens with zero attached hydrogens (tertiary/aromatic N) is 1. The molecule has 1 aromatic rings. The summed E-state index contributed by atoms with van der Waals surface area (Å²) >= 11 is 0. The minimum atomic E-state index is -0.411. The molecule has 0 N–H and O–H groups in total. The Morgan fingerprint density at radius 1 is 1.50 bits per heavy atom.